The predicted molar refractivity (Wildman–Crippen MR) is 87.0 cm³/mol. The van der Waals surface area contributed by atoms with Crippen molar-refractivity contribution >= 4 is 11.5 Å². The maximum Gasteiger partial charge on any atom is 0.310 e. The second-order valence-corrected chi connectivity index (χ2v) is 5.49. The average Bonchev–Trinajstić information content (AvgIpc) is 2.61. The number of anilines is 2. The van der Waals surface area contributed by atoms with Gasteiger partial charge in [0.15, 0.2) is 0 Å². The predicted octanol–water partition coefficient (Wildman–Crippen LogP) is 3.76. The lowest BCUT2D eigenvalue weighted by Gasteiger charge is -2.30. The van der Waals surface area contributed by atoms with Crippen LogP contribution < -0.4 is 4.90 Å². The van der Waals surface area contributed by atoms with E-state index in [9.17, 15) is 4.39 Å². The Kier molecular flexibility index (Phi) is 3.46. The summed E-state index contributed by atoms with van der Waals surface area (Å²) in [6.45, 7) is 0.795. The third-order valence-corrected chi connectivity index (χ3v) is 4.03. The first kappa shape index (κ1) is 13.8. The minimum Gasteiger partial charge on any atom is -0.325 e. The molecule has 1 aliphatic rings. The molecule has 0 fully saturated rings. The van der Waals surface area contributed by atoms with Gasteiger partial charge in [-0.25, -0.2) is 4.98 Å². The minimum absolute atomic E-state index is 0.575. The molecule has 4 nitrogen and oxygen atoms in total. The Balaban J connectivity index is 1.80. The highest BCUT2D eigenvalue weighted by molar-refractivity contribution is 5.72. The number of nitrogens with zero attached hydrogens (tertiary/aromatic N) is 4. The number of aromatic nitrogens is 3. The van der Waals surface area contributed by atoms with Crippen molar-refractivity contribution in [1.82, 2.24) is 15.0 Å². The van der Waals surface area contributed by atoms with Gasteiger partial charge in [0.05, 0.1) is 11.4 Å². The van der Waals surface area contributed by atoms with E-state index in [1.807, 2.05) is 29.3 Å². The number of hydrogen-bond acceptors (Lipinski definition) is 4. The zero-order chi connectivity index (χ0) is 15.6. The van der Waals surface area contributed by atoms with E-state index >= 15 is 0 Å². The smallest absolute Gasteiger partial charge is 0.310 e. The molecular weight excluding hydrogens is 291 g/mol. The fraction of sp³-hybridized carbons (Fsp3) is 0.167. The topological polar surface area (TPSA) is 41.9 Å². The van der Waals surface area contributed by atoms with Crippen molar-refractivity contribution < 1.29 is 4.39 Å². The summed E-state index contributed by atoms with van der Waals surface area (Å²) >= 11 is 0. The van der Waals surface area contributed by atoms with Gasteiger partial charge < -0.3 is 4.90 Å². The first-order chi connectivity index (χ1) is 11.3. The van der Waals surface area contributed by atoms with Crippen LogP contribution in [0.4, 0.5) is 15.9 Å². The molecule has 1 aromatic carbocycles. The van der Waals surface area contributed by atoms with Crippen molar-refractivity contribution in [2.45, 2.75) is 12.8 Å². The van der Waals surface area contributed by atoms with E-state index in [1.54, 1.807) is 6.07 Å². The van der Waals surface area contributed by atoms with E-state index < -0.39 is 6.08 Å². The van der Waals surface area contributed by atoms with Crippen molar-refractivity contribution in [2.24, 2.45) is 0 Å². The molecule has 0 aliphatic carbocycles. The number of rotatable bonds is 2. The van der Waals surface area contributed by atoms with Gasteiger partial charge in [-0.15, -0.1) is 0 Å². The monoisotopic (exact) mass is 306 g/mol. The highest BCUT2D eigenvalue weighted by atomic mass is 19.1. The molecule has 0 radical (unpaired) electrons. The molecular formula is C18H15FN4. The van der Waals surface area contributed by atoms with Gasteiger partial charge in [-0.1, -0.05) is 30.3 Å². The van der Waals surface area contributed by atoms with Crippen molar-refractivity contribution in [1.29, 1.82) is 0 Å². The minimum atomic E-state index is -0.707. The van der Waals surface area contributed by atoms with Crippen LogP contribution in [-0.2, 0) is 6.42 Å². The van der Waals surface area contributed by atoms with Crippen LogP contribution in [0.3, 0.4) is 0 Å². The van der Waals surface area contributed by atoms with Crippen LogP contribution in [0.2, 0.25) is 0 Å². The van der Waals surface area contributed by atoms with E-state index in [4.69, 9.17) is 0 Å². The lowest BCUT2D eigenvalue weighted by atomic mass is 10.0. The van der Waals surface area contributed by atoms with Gasteiger partial charge in [0.1, 0.15) is 5.82 Å². The summed E-state index contributed by atoms with van der Waals surface area (Å²) in [7, 11) is 0. The molecule has 2 aromatic heterocycles. The zero-order valence-electron chi connectivity index (χ0n) is 12.5. The van der Waals surface area contributed by atoms with Crippen LogP contribution in [-0.4, -0.2) is 21.5 Å². The highest BCUT2D eigenvalue weighted by Crippen LogP contribution is 2.34. The SMILES string of the molecule is Fc1nccc(N2CCCc3ncc(-c4ccccc4)cc32)n1. The molecule has 0 saturated heterocycles. The van der Waals surface area contributed by atoms with E-state index in [-0.39, 0.29) is 0 Å². The molecule has 0 spiro atoms. The molecule has 4 rings (SSSR count). The van der Waals surface area contributed by atoms with Crippen LogP contribution in [0, 0.1) is 6.08 Å². The Hall–Kier alpha value is -2.82. The zero-order valence-corrected chi connectivity index (χ0v) is 12.5. The summed E-state index contributed by atoms with van der Waals surface area (Å²) in [6, 6.07) is 14.0. The second-order valence-electron chi connectivity index (χ2n) is 5.49. The molecule has 0 unspecified atom stereocenters. The number of halogens is 1. The summed E-state index contributed by atoms with van der Waals surface area (Å²) in [4.78, 5) is 14.1. The number of benzene rings is 1. The second kappa shape index (κ2) is 5.76. The Labute approximate surface area is 133 Å². The molecule has 1 aliphatic heterocycles. The lowest BCUT2D eigenvalue weighted by Crippen LogP contribution is -2.26. The van der Waals surface area contributed by atoms with Crippen LogP contribution in [0.15, 0.2) is 54.9 Å². The molecule has 3 heterocycles. The Morgan fingerprint density at radius 1 is 1.00 bits per heavy atom. The van der Waals surface area contributed by atoms with Gasteiger partial charge in [-0.2, -0.15) is 9.37 Å². The molecule has 0 N–H and O–H groups in total. The number of aryl methyl sites for hydroxylation is 1. The Morgan fingerprint density at radius 3 is 2.70 bits per heavy atom. The van der Waals surface area contributed by atoms with Crippen LogP contribution in [0.1, 0.15) is 12.1 Å². The van der Waals surface area contributed by atoms with Gasteiger partial charge in [-0.3, -0.25) is 4.98 Å². The van der Waals surface area contributed by atoms with Gasteiger partial charge in [0.25, 0.3) is 0 Å². The summed E-state index contributed by atoms with van der Waals surface area (Å²) in [5.74, 6) is 0.575. The quantitative estimate of drug-likeness (QED) is 0.676. The van der Waals surface area contributed by atoms with Crippen molar-refractivity contribution in [3.8, 4) is 11.1 Å². The van der Waals surface area contributed by atoms with E-state index in [0.717, 1.165) is 41.9 Å². The number of pyridine rings is 1. The standard InChI is InChI=1S/C18H15FN4/c19-18-20-9-8-17(22-18)23-10-4-7-15-16(23)11-14(12-21-15)13-5-2-1-3-6-13/h1-3,5-6,8-9,11-12H,4,7,10H2. The van der Waals surface area contributed by atoms with Gasteiger partial charge in [-0.05, 0) is 30.5 Å². The molecule has 0 saturated carbocycles. The molecule has 23 heavy (non-hydrogen) atoms. The molecule has 0 bridgehead atoms. The van der Waals surface area contributed by atoms with Crippen LogP contribution >= 0.6 is 0 Å². The van der Waals surface area contributed by atoms with Crippen molar-refractivity contribution in [3.05, 3.63) is 66.6 Å². The number of fused-ring (bicyclic) bond motifs is 1. The fourth-order valence-electron chi connectivity index (χ4n) is 2.94. The van der Waals surface area contributed by atoms with E-state index in [1.165, 1.54) is 6.20 Å². The van der Waals surface area contributed by atoms with E-state index in [2.05, 4.69) is 33.2 Å². The molecule has 114 valence electrons. The normalized spacial score (nSPS) is 13.7. The van der Waals surface area contributed by atoms with Crippen molar-refractivity contribution in [2.75, 3.05) is 11.4 Å². The Morgan fingerprint density at radius 2 is 1.87 bits per heavy atom. The number of hydrogen-bond donors (Lipinski definition) is 0. The lowest BCUT2D eigenvalue weighted by molar-refractivity contribution is 0.537. The largest absolute Gasteiger partial charge is 0.325 e. The summed E-state index contributed by atoms with van der Waals surface area (Å²) in [6.07, 6.45) is 4.53. The van der Waals surface area contributed by atoms with Crippen LogP contribution in [0.25, 0.3) is 11.1 Å². The highest BCUT2D eigenvalue weighted by Gasteiger charge is 2.21. The third kappa shape index (κ3) is 2.65. The average molecular weight is 306 g/mol. The van der Waals surface area contributed by atoms with Gasteiger partial charge in [0, 0.05) is 24.5 Å². The molecule has 0 amide bonds. The van der Waals surface area contributed by atoms with Crippen LogP contribution in [0.5, 0.6) is 0 Å². The maximum atomic E-state index is 13.4. The molecule has 5 heteroatoms. The van der Waals surface area contributed by atoms with Crippen molar-refractivity contribution in [3.63, 3.8) is 0 Å². The molecule has 3 aromatic rings. The first-order valence-electron chi connectivity index (χ1n) is 7.62. The molecule has 0 atom stereocenters. The van der Waals surface area contributed by atoms with Gasteiger partial charge >= 0.3 is 6.08 Å². The summed E-state index contributed by atoms with van der Waals surface area (Å²) in [5, 5.41) is 0. The fourth-order valence-corrected chi connectivity index (χ4v) is 2.94. The third-order valence-electron chi connectivity index (χ3n) is 4.03. The van der Waals surface area contributed by atoms with E-state index in [0.29, 0.717) is 5.82 Å². The summed E-state index contributed by atoms with van der Waals surface area (Å²) in [5.41, 5.74) is 4.18. The summed E-state index contributed by atoms with van der Waals surface area (Å²) < 4.78 is 13.4. The first-order valence-corrected chi connectivity index (χ1v) is 7.62. The van der Waals surface area contributed by atoms with Gasteiger partial charge in [0.2, 0.25) is 0 Å². The Bertz CT molecular complexity index is 835. The maximum absolute atomic E-state index is 13.4.